The van der Waals surface area contributed by atoms with Gasteiger partial charge in [0.2, 0.25) is 0 Å². The molecule has 1 aliphatic rings. The van der Waals surface area contributed by atoms with Gasteiger partial charge in [-0.15, -0.1) is 0 Å². The van der Waals surface area contributed by atoms with Crippen molar-refractivity contribution < 1.29 is 13.2 Å². The van der Waals surface area contributed by atoms with Gasteiger partial charge in [0, 0.05) is 13.2 Å². The third-order valence-corrected chi connectivity index (χ3v) is 5.91. The van der Waals surface area contributed by atoms with Gasteiger partial charge in [0.05, 0.1) is 5.75 Å². The molecule has 3 N–H and O–H groups in total. The van der Waals surface area contributed by atoms with Crippen LogP contribution in [0, 0.1) is 11.3 Å². The van der Waals surface area contributed by atoms with Crippen molar-refractivity contribution in [3.8, 4) is 0 Å². The second-order valence-corrected chi connectivity index (χ2v) is 7.34. The predicted octanol–water partition coefficient (Wildman–Crippen LogP) is 0.542. The Morgan fingerprint density at radius 3 is 2.38 bits per heavy atom. The van der Waals surface area contributed by atoms with Crippen LogP contribution in [0.25, 0.3) is 0 Å². The van der Waals surface area contributed by atoms with Crippen molar-refractivity contribution in [3.63, 3.8) is 0 Å². The van der Waals surface area contributed by atoms with Crippen LogP contribution in [-0.4, -0.2) is 38.0 Å². The molecule has 0 aromatic heterocycles. The highest BCUT2D eigenvalue weighted by Crippen LogP contribution is 2.24. The molecule has 1 fully saturated rings. The highest BCUT2D eigenvalue weighted by atomic mass is 32.2. The maximum atomic E-state index is 12.1. The van der Waals surface area contributed by atoms with Crippen molar-refractivity contribution in [2.45, 2.75) is 31.4 Å². The van der Waals surface area contributed by atoms with Crippen LogP contribution in [0.3, 0.4) is 0 Å². The zero-order valence-corrected chi connectivity index (χ0v) is 10.6. The summed E-state index contributed by atoms with van der Waals surface area (Å²) in [5.74, 6) is -0.0555. The normalized spacial score (nSPS) is 19.6. The molecule has 0 unspecified atom stereocenters. The smallest absolute Gasteiger partial charge is 0.162 e. The van der Waals surface area contributed by atoms with Crippen LogP contribution in [0.5, 0.6) is 0 Å². The van der Waals surface area contributed by atoms with Crippen molar-refractivity contribution in [1.82, 2.24) is 0 Å². The van der Waals surface area contributed by atoms with Crippen LogP contribution in [0.2, 0.25) is 0 Å². The largest absolute Gasteiger partial charge is 0.386 e. The van der Waals surface area contributed by atoms with E-state index in [2.05, 4.69) is 0 Å². The van der Waals surface area contributed by atoms with Gasteiger partial charge in [-0.05, 0) is 32.6 Å². The molecule has 16 heavy (non-hydrogen) atoms. The number of nitrogens with two attached hydrogens (primary N) is 1. The van der Waals surface area contributed by atoms with Gasteiger partial charge in [0.15, 0.2) is 9.84 Å². The van der Waals surface area contributed by atoms with Crippen LogP contribution in [0.4, 0.5) is 0 Å². The summed E-state index contributed by atoms with van der Waals surface area (Å²) in [4.78, 5) is 0. The second-order valence-electron chi connectivity index (χ2n) is 4.76. The van der Waals surface area contributed by atoms with Crippen LogP contribution < -0.4 is 5.73 Å². The van der Waals surface area contributed by atoms with E-state index < -0.39 is 14.6 Å². The standard InChI is InChI=1S/C10H20N2O3S/c1-10(2,9(11)12)16(13,14)7-8-3-5-15-6-4-8/h8H,3-7H2,1-2H3,(H3,11,12). The summed E-state index contributed by atoms with van der Waals surface area (Å²) < 4.78 is 28.1. The van der Waals surface area contributed by atoms with E-state index in [9.17, 15) is 8.42 Å². The van der Waals surface area contributed by atoms with Crippen molar-refractivity contribution >= 4 is 15.7 Å². The Kier molecular flexibility index (Phi) is 3.96. The first-order chi connectivity index (χ1) is 7.27. The van der Waals surface area contributed by atoms with Gasteiger partial charge in [0.25, 0.3) is 0 Å². The molecule has 1 rings (SSSR count). The lowest BCUT2D eigenvalue weighted by Crippen LogP contribution is -2.47. The third-order valence-electron chi connectivity index (χ3n) is 3.22. The SMILES string of the molecule is CC(C)(C(=N)N)S(=O)(=O)CC1CCOCC1. The fraction of sp³-hybridized carbons (Fsp3) is 0.900. The van der Waals surface area contributed by atoms with Crippen molar-refractivity contribution in [2.75, 3.05) is 19.0 Å². The molecule has 94 valence electrons. The number of rotatable bonds is 4. The van der Waals surface area contributed by atoms with E-state index >= 15 is 0 Å². The molecular formula is C10H20N2O3S. The van der Waals surface area contributed by atoms with E-state index in [0.29, 0.717) is 13.2 Å². The Balaban J connectivity index is 2.74. The Bertz CT molecular complexity index is 356. The predicted molar refractivity (Wildman–Crippen MR) is 63.3 cm³/mol. The van der Waals surface area contributed by atoms with Crippen LogP contribution in [0.15, 0.2) is 0 Å². The summed E-state index contributed by atoms with van der Waals surface area (Å²) in [7, 11) is -3.36. The minimum absolute atomic E-state index is 0.100. The highest BCUT2D eigenvalue weighted by molar-refractivity contribution is 7.93. The topological polar surface area (TPSA) is 93.2 Å². The number of ether oxygens (including phenoxy) is 1. The van der Waals surface area contributed by atoms with E-state index in [1.54, 1.807) is 0 Å². The molecule has 0 saturated carbocycles. The molecule has 1 aliphatic heterocycles. The fourth-order valence-corrected chi connectivity index (χ4v) is 3.30. The summed E-state index contributed by atoms with van der Waals surface area (Å²) in [6.07, 6.45) is 1.54. The zero-order chi connectivity index (χ0) is 12.4. The minimum atomic E-state index is -3.36. The molecular weight excluding hydrogens is 228 g/mol. The first-order valence-electron chi connectivity index (χ1n) is 5.42. The number of hydrogen-bond acceptors (Lipinski definition) is 4. The highest BCUT2D eigenvalue weighted by Gasteiger charge is 2.39. The monoisotopic (exact) mass is 248 g/mol. The molecule has 0 radical (unpaired) electrons. The minimum Gasteiger partial charge on any atom is -0.386 e. The van der Waals surface area contributed by atoms with Crippen molar-refractivity contribution in [1.29, 1.82) is 5.41 Å². The van der Waals surface area contributed by atoms with Gasteiger partial charge in [-0.1, -0.05) is 0 Å². The molecule has 0 amide bonds. The van der Waals surface area contributed by atoms with Crippen LogP contribution in [0.1, 0.15) is 26.7 Å². The molecule has 0 aliphatic carbocycles. The van der Waals surface area contributed by atoms with Crippen LogP contribution >= 0.6 is 0 Å². The average Bonchev–Trinajstić information content (AvgIpc) is 2.18. The molecule has 5 nitrogen and oxygen atoms in total. The maximum Gasteiger partial charge on any atom is 0.162 e. The van der Waals surface area contributed by atoms with Gasteiger partial charge < -0.3 is 10.5 Å². The first-order valence-corrected chi connectivity index (χ1v) is 7.07. The first kappa shape index (κ1) is 13.4. The van der Waals surface area contributed by atoms with E-state index in [1.807, 2.05) is 0 Å². The van der Waals surface area contributed by atoms with Gasteiger partial charge in [0.1, 0.15) is 10.6 Å². The van der Waals surface area contributed by atoms with E-state index in [-0.39, 0.29) is 17.5 Å². The molecule has 0 atom stereocenters. The summed E-state index contributed by atoms with van der Waals surface area (Å²) in [5, 5.41) is 7.34. The molecule has 1 saturated heterocycles. The zero-order valence-electron chi connectivity index (χ0n) is 9.82. The molecule has 0 spiro atoms. The number of hydrogen-bond donors (Lipinski definition) is 2. The Labute approximate surface area is 96.8 Å². The van der Waals surface area contributed by atoms with E-state index in [0.717, 1.165) is 12.8 Å². The van der Waals surface area contributed by atoms with Crippen LogP contribution in [-0.2, 0) is 14.6 Å². The van der Waals surface area contributed by atoms with Crippen molar-refractivity contribution in [3.05, 3.63) is 0 Å². The summed E-state index contributed by atoms with van der Waals surface area (Å²) in [6.45, 7) is 4.23. The van der Waals surface area contributed by atoms with E-state index in [1.165, 1.54) is 13.8 Å². The van der Waals surface area contributed by atoms with Gasteiger partial charge >= 0.3 is 0 Å². The number of nitrogens with one attached hydrogen (secondary N) is 1. The lowest BCUT2D eigenvalue weighted by Gasteiger charge is -2.28. The van der Waals surface area contributed by atoms with Crippen molar-refractivity contribution in [2.24, 2.45) is 11.7 Å². The average molecular weight is 248 g/mol. The lowest BCUT2D eigenvalue weighted by molar-refractivity contribution is 0.0723. The summed E-state index contributed by atoms with van der Waals surface area (Å²) >= 11 is 0. The Morgan fingerprint density at radius 1 is 1.44 bits per heavy atom. The molecule has 1 heterocycles. The van der Waals surface area contributed by atoms with Gasteiger partial charge in [-0.2, -0.15) is 0 Å². The summed E-state index contributed by atoms with van der Waals surface area (Å²) in [5.41, 5.74) is 5.34. The summed E-state index contributed by atoms with van der Waals surface area (Å²) in [6, 6.07) is 0. The van der Waals surface area contributed by atoms with E-state index in [4.69, 9.17) is 15.9 Å². The number of sulfone groups is 1. The molecule has 6 heteroatoms. The Hall–Kier alpha value is -0.620. The molecule has 0 aromatic rings. The maximum absolute atomic E-state index is 12.1. The lowest BCUT2D eigenvalue weighted by atomic mass is 10.0. The number of amidine groups is 1. The fourth-order valence-electron chi connectivity index (χ4n) is 1.60. The quantitative estimate of drug-likeness (QED) is 0.561. The van der Waals surface area contributed by atoms with Gasteiger partial charge in [-0.25, -0.2) is 8.42 Å². The second kappa shape index (κ2) is 4.71. The third kappa shape index (κ3) is 2.74. The molecule has 0 bridgehead atoms. The van der Waals surface area contributed by atoms with Gasteiger partial charge in [-0.3, -0.25) is 5.41 Å². The molecule has 0 aromatic carbocycles. The Morgan fingerprint density at radius 2 is 1.94 bits per heavy atom.